The van der Waals surface area contributed by atoms with E-state index >= 15 is 0 Å². The van der Waals surface area contributed by atoms with Gasteiger partial charge in [0.2, 0.25) is 0 Å². The Morgan fingerprint density at radius 2 is 2.24 bits per heavy atom. The fraction of sp³-hybridized carbons (Fsp3) is 0.643. The number of nitrogens with one attached hydrogen (secondary N) is 1. The summed E-state index contributed by atoms with van der Waals surface area (Å²) in [6.07, 6.45) is 3.72. The molecule has 0 fully saturated rings. The SMILES string of the molecule is COCCN(CCC(=N)N)c1nccn(CC(C)C)c1=O. The van der Waals surface area contributed by atoms with E-state index in [4.69, 9.17) is 15.9 Å². The highest BCUT2D eigenvalue weighted by atomic mass is 16.5. The van der Waals surface area contributed by atoms with E-state index in [1.165, 1.54) is 0 Å². The second-order valence-electron chi connectivity index (χ2n) is 5.36. The number of rotatable bonds is 9. The summed E-state index contributed by atoms with van der Waals surface area (Å²) in [7, 11) is 1.61. The molecule has 0 bridgehead atoms. The summed E-state index contributed by atoms with van der Waals surface area (Å²) < 4.78 is 6.74. The number of anilines is 1. The Kier molecular flexibility index (Phi) is 6.87. The Hall–Kier alpha value is -1.89. The van der Waals surface area contributed by atoms with Crippen LogP contribution in [0.1, 0.15) is 20.3 Å². The molecule has 3 N–H and O–H groups in total. The third-order valence-electron chi connectivity index (χ3n) is 2.97. The average molecular weight is 295 g/mol. The van der Waals surface area contributed by atoms with E-state index < -0.39 is 0 Å². The third kappa shape index (κ3) is 5.55. The van der Waals surface area contributed by atoms with Gasteiger partial charge in [-0.1, -0.05) is 13.8 Å². The number of hydrogen-bond acceptors (Lipinski definition) is 5. The Labute approximate surface area is 125 Å². The molecular formula is C14H25N5O2. The number of aromatic nitrogens is 2. The molecule has 118 valence electrons. The zero-order valence-electron chi connectivity index (χ0n) is 13.0. The quantitative estimate of drug-likeness (QED) is 0.516. The molecule has 0 spiro atoms. The van der Waals surface area contributed by atoms with E-state index in [9.17, 15) is 4.79 Å². The summed E-state index contributed by atoms with van der Waals surface area (Å²) in [4.78, 5) is 18.5. The molecular weight excluding hydrogens is 270 g/mol. The molecule has 0 unspecified atom stereocenters. The van der Waals surface area contributed by atoms with E-state index in [1.807, 2.05) is 4.90 Å². The lowest BCUT2D eigenvalue weighted by Gasteiger charge is -2.23. The molecule has 0 radical (unpaired) electrons. The van der Waals surface area contributed by atoms with Crippen molar-refractivity contribution in [3.63, 3.8) is 0 Å². The Balaban J connectivity index is 2.99. The van der Waals surface area contributed by atoms with Gasteiger partial charge in [-0.25, -0.2) is 4.98 Å². The van der Waals surface area contributed by atoms with E-state index in [2.05, 4.69) is 18.8 Å². The molecule has 0 aliphatic heterocycles. The van der Waals surface area contributed by atoms with Gasteiger partial charge in [0.25, 0.3) is 5.56 Å². The molecule has 0 saturated carbocycles. The standard InChI is InChI=1S/C14H25N5O2/c1-11(2)10-19-7-5-17-13(14(19)20)18(8-9-21-3)6-4-12(15)16/h5,7,11H,4,6,8-10H2,1-3H3,(H3,15,16). The summed E-state index contributed by atoms with van der Waals surface area (Å²) in [5, 5.41) is 7.33. The molecule has 0 aliphatic rings. The Bertz CT molecular complexity index is 512. The van der Waals surface area contributed by atoms with Crippen molar-refractivity contribution < 1.29 is 4.74 Å². The largest absolute Gasteiger partial charge is 0.388 e. The summed E-state index contributed by atoms with van der Waals surface area (Å²) in [6.45, 7) is 6.28. The van der Waals surface area contributed by atoms with Gasteiger partial charge in [0.1, 0.15) is 0 Å². The van der Waals surface area contributed by atoms with Gasteiger partial charge in [-0.05, 0) is 5.92 Å². The van der Waals surface area contributed by atoms with Gasteiger partial charge in [0.05, 0.1) is 12.4 Å². The molecule has 0 saturated heterocycles. The number of nitrogens with two attached hydrogens (primary N) is 1. The molecule has 0 aromatic carbocycles. The first-order valence-electron chi connectivity index (χ1n) is 7.08. The van der Waals surface area contributed by atoms with Gasteiger partial charge in [-0.2, -0.15) is 0 Å². The summed E-state index contributed by atoms with van der Waals surface area (Å²) >= 11 is 0. The van der Waals surface area contributed by atoms with Crippen molar-refractivity contribution in [3.8, 4) is 0 Å². The topological polar surface area (TPSA) is 97.2 Å². The molecule has 0 aliphatic carbocycles. The van der Waals surface area contributed by atoms with Gasteiger partial charge >= 0.3 is 0 Å². The second-order valence-corrected chi connectivity index (χ2v) is 5.36. The van der Waals surface area contributed by atoms with Crippen molar-refractivity contribution in [3.05, 3.63) is 22.7 Å². The maximum atomic E-state index is 12.5. The number of methoxy groups -OCH3 is 1. The van der Waals surface area contributed by atoms with Crippen molar-refractivity contribution in [1.29, 1.82) is 5.41 Å². The maximum Gasteiger partial charge on any atom is 0.293 e. The third-order valence-corrected chi connectivity index (χ3v) is 2.97. The van der Waals surface area contributed by atoms with Gasteiger partial charge in [-0.3, -0.25) is 10.2 Å². The van der Waals surface area contributed by atoms with Crippen LogP contribution in [-0.4, -0.2) is 42.2 Å². The second kappa shape index (κ2) is 8.41. The number of nitrogens with zero attached hydrogens (tertiary/aromatic N) is 3. The fourth-order valence-corrected chi connectivity index (χ4v) is 1.97. The lowest BCUT2D eigenvalue weighted by Crippen LogP contribution is -2.37. The highest BCUT2D eigenvalue weighted by molar-refractivity contribution is 5.77. The smallest absolute Gasteiger partial charge is 0.293 e. The molecule has 0 amide bonds. The van der Waals surface area contributed by atoms with Crippen molar-refractivity contribution in [2.24, 2.45) is 11.7 Å². The highest BCUT2D eigenvalue weighted by Crippen LogP contribution is 2.06. The van der Waals surface area contributed by atoms with Crippen LogP contribution in [-0.2, 0) is 11.3 Å². The van der Waals surface area contributed by atoms with Crippen LogP contribution in [0, 0.1) is 11.3 Å². The number of hydrogen-bond donors (Lipinski definition) is 2. The van der Waals surface area contributed by atoms with Crippen LogP contribution in [0.25, 0.3) is 0 Å². The maximum absolute atomic E-state index is 12.5. The van der Waals surface area contributed by atoms with E-state index in [-0.39, 0.29) is 11.4 Å². The van der Waals surface area contributed by atoms with Gasteiger partial charge in [-0.15, -0.1) is 0 Å². The first-order chi connectivity index (χ1) is 9.95. The lowest BCUT2D eigenvalue weighted by molar-refractivity contribution is 0.205. The van der Waals surface area contributed by atoms with Crippen LogP contribution < -0.4 is 16.2 Å². The summed E-state index contributed by atoms with van der Waals surface area (Å²) in [6, 6.07) is 0. The molecule has 1 aromatic heterocycles. The van der Waals surface area contributed by atoms with Gasteiger partial charge in [0, 0.05) is 45.6 Å². The normalized spacial score (nSPS) is 10.9. The average Bonchev–Trinajstić information content (AvgIpc) is 2.41. The monoisotopic (exact) mass is 295 g/mol. The minimum absolute atomic E-state index is 0.0934. The van der Waals surface area contributed by atoms with E-state index in [0.29, 0.717) is 44.4 Å². The molecule has 7 nitrogen and oxygen atoms in total. The van der Waals surface area contributed by atoms with Crippen LogP contribution in [0.2, 0.25) is 0 Å². The molecule has 1 heterocycles. The minimum atomic E-state index is -0.120. The van der Waals surface area contributed by atoms with Crippen LogP contribution in [0.4, 0.5) is 5.82 Å². The van der Waals surface area contributed by atoms with Crippen LogP contribution in [0.5, 0.6) is 0 Å². The van der Waals surface area contributed by atoms with Crippen molar-refractivity contribution in [2.75, 3.05) is 31.7 Å². The fourth-order valence-electron chi connectivity index (χ4n) is 1.97. The van der Waals surface area contributed by atoms with Crippen LogP contribution >= 0.6 is 0 Å². The number of amidine groups is 1. The van der Waals surface area contributed by atoms with E-state index in [1.54, 1.807) is 24.1 Å². The predicted octanol–water partition coefficient (Wildman–Crippen LogP) is 0.678. The molecule has 7 heteroatoms. The van der Waals surface area contributed by atoms with Crippen molar-refractivity contribution >= 4 is 11.7 Å². The van der Waals surface area contributed by atoms with Crippen LogP contribution in [0.3, 0.4) is 0 Å². The first kappa shape index (κ1) is 17.2. The predicted molar refractivity (Wildman–Crippen MR) is 84.0 cm³/mol. The molecule has 1 rings (SSSR count). The molecule has 0 atom stereocenters. The Morgan fingerprint density at radius 3 is 2.81 bits per heavy atom. The molecule has 1 aromatic rings. The van der Waals surface area contributed by atoms with Gasteiger partial charge < -0.3 is 19.9 Å². The summed E-state index contributed by atoms with van der Waals surface area (Å²) in [5.74, 6) is 0.856. The van der Waals surface area contributed by atoms with Crippen LogP contribution in [0.15, 0.2) is 17.2 Å². The number of ether oxygens (including phenoxy) is 1. The Morgan fingerprint density at radius 1 is 1.52 bits per heavy atom. The zero-order chi connectivity index (χ0) is 15.8. The zero-order valence-corrected chi connectivity index (χ0v) is 13.0. The minimum Gasteiger partial charge on any atom is -0.388 e. The van der Waals surface area contributed by atoms with Gasteiger partial charge in [0.15, 0.2) is 5.82 Å². The summed E-state index contributed by atoms with van der Waals surface area (Å²) in [5.41, 5.74) is 5.28. The van der Waals surface area contributed by atoms with Crippen molar-refractivity contribution in [1.82, 2.24) is 9.55 Å². The van der Waals surface area contributed by atoms with Crippen molar-refractivity contribution in [2.45, 2.75) is 26.8 Å². The van der Waals surface area contributed by atoms with E-state index in [0.717, 1.165) is 0 Å². The molecule has 21 heavy (non-hydrogen) atoms. The first-order valence-corrected chi connectivity index (χ1v) is 7.08. The highest BCUT2D eigenvalue weighted by Gasteiger charge is 2.14. The lowest BCUT2D eigenvalue weighted by atomic mass is 10.2.